The maximum atomic E-state index is 9.10. The molecule has 0 aromatic heterocycles. The Morgan fingerprint density at radius 3 is 3.00 bits per heavy atom. The number of hydrogen-bond donors (Lipinski definition) is 1. The first-order valence-corrected chi connectivity index (χ1v) is 6.68. The summed E-state index contributed by atoms with van der Waals surface area (Å²) in [5.41, 5.74) is 1.90. The van der Waals surface area contributed by atoms with Crippen molar-refractivity contribution >= 4 is 0 Å². The molecular formula is C15H20N2O. The number of aliphatic hydroxyl groups is 1. The molecule has 0 spiro atoms. The first-order valence-electron chi connectivity index (χ1n) is 6.68. The van der Waals surface area contributed by atoms with Gasteiger partial charge >= 0.3 is 0 Å². The van der Waals surface area contributed by atoms with Crippen LogP contribution in [0.25, 0.3) is 0 Å². The summed E-state index contributed by atoms with van der Waals surface area (Å²) in [6, 6.07) is 10.7. The largest absolute Gasteiger partial charge is 0.396 e. The van der Waals surface area contributed by atoms with Crippen LogP contribution in [0.5, 0.6) is 0 Å². The van der Waals surface area contributed by atoms with E-state index in [2.05, 4.69) is 11.0 Å². The molecule has 0 radical (unpaired) electrons. The Morgan fingerprint density at radius 2 is 2.22 bits per heavy atom. The van der Waals surface area contributed by atoms with Crippen molar-refractivity contribution in [1.29, 1.82) is 5.26 Å². The van der Waals surface area contributed by atoms with Gasteiger partial charge in [0.15, 0.2) is 0 Å². The predicted octanol–water partition coefficient (Wildman–Crippen LogP) is 2.30. The molecule has 1 aliphatic heterocycles. The maximum Gasteiger partial charge on any atom is 0.0995 e. The molecule has 3 heteroatoms. The molecule has 1 aliphatic rings. The summed E-state index contributed by atoms with van der Waals surface area (Å²) in [4.78, 5) is 2.45. The molecule has 96 valence electrons. The van der Waals surface area contributed by atoms with Crippen LogP contribution in [0.2, 0.25) is 0 Å². The van der Waals surface area contributed by atoms with Gasteiger partial charge in [-0.3, -0.25) is 4.90 Å². The highest BCUT2D eigenvalue weighted by molar-refractivity contribution is 5.37. The fraction of sp³-hybridized carbons (Fsp3) is 0.533. The Labute approximate surface area is 109 Å². The Balaban J connectivity index is 2.02. The number of aliphatic hydroxyl groups excluding tert-OH is 1. The summed E-state index contributed by atoms with van der Waals surface area (Å²) in [6.07, 6.45) is 4.38. The lowest BCUT2D eigenvalue weighted by Gasteiger charge is -2.24. The van der Waals surface area contributed by atoms with Crippen molar-refractivity contribution in [3.63, 3.8) is 0 Å². The second-order valence-electron chi connectivity index (χ2n) is 4.90. The Morgan fingerprint density at radius 1 is 1.39 bits per heavy atom. The fourth-order valence-corrected chi connectivity index (χ4v) is 2.74. The molecule has 0 amide bonds. The topological polar surface area (TPSA) is 47.3 Å². The van der Waals surface area contributed by atoms with Crippen LogP contribution in [-0.4, -0.2) is 29.2 Å². The zero-order valence-electron chi connectivity index (χ0n) is 10.7. The van der Waals surface area contributed by atoms with Gasteiger partial charge in [-0.1, -0.05) is 18.2 Å². The van der Waals surface area contributed by atoms with Gasteiger partial charge in [-0.05, 0) is 43.9 Å². The van der Waals surface area contributed by atoms with Gasteiger partial charge in [0.1, 0.15) is 0 Å². The molecule has 1 atom stereocenters. The number of benzene rings is 1. The molecule has 1 N–H and O–H groups in total. The third-order valence-corrected chi connectivity index (χ3v) is 3.71. The average molecular weight is 244 g/mol. The fourth-order valence-electron chi connectivity index (χ4n) is 2.74. The molecule has 1 heterocycles. The summed E-state index contributed by atoms with van der Waals surface area (Å²) in [5.74, 6) is 0. The first kappa shape index (κ1) is 13.1. The maximum absolute atomic E-state index is 9.10. The molecule has 3 nitrogen and oxygen atoms in total. The van der Waals surface area contributed by atoms with Gasteiger partial charge in [0.2, 0.25) is 0 Å². The molecule has 1 aromatic carbocycles. The molecular weight excluding hydrogens is 224 g/mol. The summed E-state index contributed by atoms with van der Waals surface area (Å²) < 4.78 is 0. The van der Waals surface area contributed by atoms with E-state index in [1.54, 1.807) is 0 Å². The van der Waals surface area contributed by atoms with E-state index in [0.717, 1.165) is 37.1 Å². The van der Waals surface area contributed by atoms with Crippen LogP contribution >= 0.6 is 0 Å². The van der Waals surface area contributed by atoms with Gasteiger partial charge < -0.3 is 5.11 Å². The smallest absolute Gasteiger partial charge is 0.0995 e. The minimum absolute atomic E-state index is 0.277. The van der Waals surface area contributed by atoms with Crippen LogP contribution in [0.4, 0.5) is 0 Å². The van der Waals surface area contributed by atoms with Crippen molar-refractivity contribution in [3.8, 4) is 6.07 Å². The number of nitriles is 1. The summed E-state index contributed by atoms with van der Waals surface area (Å²) in [7, 11) is 0. The minimum atomic E-state index is 0.277. The minimum Gasteiger partial charge on any atom is -0.396 e. The SMILES string of the molecule is N#Cc1ccccc1CN1CCCC1CCCO. The van der Waals surface area contributed by atoms with Gasteiger partial charge in [0.25, 0.3) is 0 Å². The van der Waals surface area contributed by atoms with E-state index in [4.69, 9.17) is 10.4 Å². The zero-order valence-corrected chi connectivity index (χ0v) is 10.7. The standard InChI is InChI=1S/C15H20N2O/c16-11-13-5-1-2-6-14(13)12-17-9-3-7-15(17)8-4-10-18/h1-2,5-6,15,18H,3-4,7-10,12H2. The highest BCUT2D eigenvalue weighted by Crippen LogP contribution is 2.24. The van der Waals surface area contributed by atoms with Crippen LogP contribution in [0.1, 0.15) is 36.8 Å². The number of hydrogen-bond acceptors (Lipinski definition) is 3. The van der Waals surface area contributed by atoms with E-state index < -0.39 is 0 Å². The van der Waals surface area contributed by atoms with Crippen LogP contribution in [0.15, 0.2) is 24.3 Å². The van der Waals surface area contributed by atoms with Crippen molar-refractivity contribution in [1.82, 2.24) is 4.90 Å². The van der Waals surface area contributed by atoms with E-state index in [1.807, 2.05) is 24.3 Å². The van der Waals surface area contributed by atoms with Crippen LogP contribution in [0, 0.1) is 11.3 Å². The van der Waals surface area contributed by atoms with E-state index in [-0.39, 0.29) is 6.61 Å². The lowest BCUT2D eigenvalue weighted by atomic mass is 10.1. The van der Waals surface area contributed by atoms with E-state index in [0.29, 0.717) is 6.04 Å². The van der Waals surface area contributed by atoms with Gasteiger partial charge in [0, 0.05) is 19.2 Å². The predicted molar refractivity (Wildman–Crippen MR) is 70.9 cm³/mol. The second kappa shape index (κ2) is 6.53. The summed E-state index contributed by atoms with van der Waals surface area (Å²) >= 11 is 0. The van der Waals surface area contributed by atoms with E-state index >= 15 is 0 Å². The third kappa shape index (κ3) is 3.10. The normalized spacial score (nSPS) is 19.9. The van der Waals surface area contributed by atoms with Gasteiger partial charge in [-0.2, -0.15) is 5.26 Å². The van der Waals surface area contributed by atoms with E-state index in [1.165, 1.54) is 12.8 Å². The van der Waals surface area contributed by atoms with Crippen molar-refractivity contribution in [2.75, 3.05) is 13.2 Å². The molecule has 0 saturated carbocycles. The van der Waals surface area contributed by atoms with Crippen molar-refractivity contribution in [2.24, 2.45) is 0 Å². The van der Waals surface area contributed by atoms with Crippen molar-refractivity contribution < 1.29 is 5.11 Å². The lowest BCUT2D eigenvalue weighted by molar-refractivity contribution is 0.210. The quantitative estimate of drug-likeness (QED) is 0.864. The van der Waals surface area contributed by atoms with Gasteiger partial charge in [0.05, 0.1) is 11.6 Å². The monoisotopic (exact) mass is 244 g/mol. The van der Waals surface area contributed by atoms with Crippen LogP contribution in [-0.2, 0) is 6.54 Å². The third-order valence-electron chi connectivity index (χ3n) is 3.71. The molecule has 2 rings (SSSR count). The highest BCUT2D eigenvalue weighted by atomic mass is 16.2. The second-order valence-corrected chi connectivity index (χ2v) is 4.90. The van der Waals surface area contributed by atoms with Crippen LogP contribution < -0.4 is 0 Å². The average Bonchev–Trinajstić information content (AvgIpc) is 2.84. The zero-order chi connectivity index (χ0) is 12.8. The molecule has 1 saturated heterocycles. The molecule has 1 fully saturated rings. The van der Waals surface area contributed by atoms with Gasteiger partial charge in [-0.25, -0.2) is 0 Å². The molecule has 1 unspecified atom stereocenters. The number of nitrogens with zero attached hydrogens (tertiary/aromatic N) is 2. The van der Waals surface area contributed by atoms with Gasteiger partial charge in [-0.15, -0.1) is 0 Å². The number of rotatable bonds is 5. The van der Waals surface area contributed by atoms with E-state index in [9.17, 15) is 0 Å². The first-order chi connectivity index (χ1) is 8.85. The van der Waals surface area contributed by atoms with Crippen molar-refractivity contribution in [2.45, 2.75) is 38.3 Å². The Hall–Kier alpha value is -1.37. The Kier molecular flexibility index (Phi) is 4.74. The lowest BCUT2D eigenvalue weighted by Crippen LogP contribution is -2.29. The highest BCUT2D eigenvalue weighted by Gasteiger charge is 2.24. The molecule has 18 heavy (non-hydrogen) atoms. The molecule has 0 bridgehead atoms. The van der Waals surface area contributed by atoms with Crippen LogP contribution in [0.3, 0.4) is 0 Å². The molecule has 1 aromatic rings. The Bertz CT molecular complexity index is 425. The number of likely N-dealkylation sites (tertiary alicyclic amines) is 1. The summed E-state index contributed by atoms with van der Waals surface area (Å²) in [5, 5.41) is 18.0. The summed E-state index contributed by atoms with van der Waals surface area (Å²) in [6.45, 7) is 2.24. The molecule has 0 aliphatic carbocycles. The van der Waals surface area contributed by atoms with Crippen molar-refractivity contribution in [3.05, 3.63) is 35.4 Å².